The van der Waals surface area contributed by atoms with Crippen LogP contribution in [0.1, 0.15) is 24.8 Å². The maximum atomic E-state index is 12.7. The summed E-state index contributed by atoms with van der Waals surface area (Å²) in [7, 11) is 0. The van der Waals surface area contributed by atoms with Gasteiger partial charge in [-0.15, -0.1) is 0 Å². The van der Waals surface area contributed by atoms with Crippen LogP contribution in [0.15, 0.2) is 18.3 Å². The van der Waals surface area contributed by atoms with Crippen molar-refractivity contribution < 1.29 is 18.0 Å². The number of carbonyl (C=O) groups excluding carboxylic acids is 1. The molecule has 0 unspecified atom stereocenters. The number of rotatable bonds is 1. The van der Waals surface area contributed by atoms with Crippen LogP contribution in [0.2, 0.25) is 0 Å². The number of pyridine rings is 1. The number of aromatic nitrogens is 1. The van der Waals surface area contributed by atoms with Crippen LogP contribution in [0.4, 0.5) is 23.8 Å². The van der Waals surface area contributed by atoms with E-state index in [4.69, 9.17) is 0 Å². The summed E-state index contributed by atoms with van der Waals surface area (Å²) in [6, 6.07) is 1.57. The fourth-order valence-corrected chi connectivity index (χ4v) is 2.01. The number of halogens is 3. The fraction of sp³-hybridized carbons (Fsp3) is 0.500. The molecule has 0 bridgehead atoms. The number of piperidine rings is 1. The lowest BCUT2D eigenvalue weighted by Crippen LogP contribution is -2.39. The molecule has 7 heteroatoms. The molecule has 2 heterocycles. The van der Waals surface area contributed by atoms with Crippen LogP contribution in [-0.4, -0.2) is 29.0 Å². The molecule has 0 radical (unpaired) electrons. The molecule has 2 rings (SSSR count). The van der Waals surface area contributed by atoms with Crippen molar-refractivity contribution in [3.8, 4) is 0 Å². The molecule has 0 aliphatic carbocycles. The lowest BCUT2D eigenvalue weighted by Gasteiger charge is -2.27. The zero-order chi connectivity index (χ0) is 13.9. The zero-order valence-corrected chi connectivity index (χ0v) is 10.2. The van der Waals surface area contributed by atoms with Gasteiger partial charge in [-0.3, -0.25) is 5.32 Å². The molecule has 1 aromatic heterocycles. The molecule has 104 valence electrons. The van der Waals surface area contributed by atoms with Crippen LogP contribution in [0, 0.1) is 0 Å². The Morgan fingerprint density at radius 1 is 1.26 bits per heavy atom. The molecule has 1 saturated heterocycles. The molecular weight excluding hydrogens is 259 g/mol. The monoisotopic (exact) mass is 273 g/mol. The Kier molecular flexibility index (Phi) is 3.92. The number of anilines is 1. The van der Waals surface area contributed by atoms with Crippen molar-refractivity contribution in [2.75, 3.05) is 18.4 Å². The Morgan fingerprint density at radius 3 is 2.58 bits per heavy atom. The van der Waals surface area contributed by atoms with Crippen LogP contribution < -0.4 is 5.32 Å². The van der Waals surface area contributed by atoms with Gasteiger partial charge in [0, 0.05) is 19.3 Å². The summed E-state index contributed by atoms with van der Waals surface area (Å²) in [6.45, 7) is 1.14. The van der Waals surface area contributed by atoms with Gasteiger partial charge >= 0.3 is 12.2 Å². The van der Waals surface area contributed by atoms with Crippen molar-refractivity contribution in [3.63, 3.8) is 0 Å². The van der Waals surface area contributed by atoms with Crippen LogP contribution in [-0.2, 0) is 6.18 Å². The molecule has 0 saturated carbocycles. The normalized spacial score (nSPS) is 16.3. The van der Waals surface area contributed by atoms with E-state index in [1.54, 1.807) is 0 Å². The van der Waals surface area contributed by atoms with Gasteiger partial charge in [0.2, 0.25) is 0 Å². The minimum Gasteiger partial charge on any atom is -0.325 e. The number of alkyl halides is 3. The number of likely N-dealkylation sites (tertiary alicyclic amines) is 1. The first kappa shape index (κ1) is 13.6. The quantitative estimate of drug-likeness (QED) is 0.854. The number of nitrogens with zero attached hydrogens (tertiary/aromatic N) is 2. The van der Waals surface area contributed by atoms with Gasteiger partial charge in [-0.2, -0.15) is 13.2 Å². The minimum atomic E-state index is -4.53. The average Bonchev–Trinajstić information content (AvgIpc) is 2.39. The van der Waals surface area contributed by atoms with E-state index in [0.29, 0.717) is 13.1 Å². The summed E-state index contributed by atoms with van der Waals surface area (Å²) >= 11 is 0. The first-order valence-corrected chi connectivity index (χ1v) is 6.06. The molecule has 0 spiro atoms. The van der Waals surface area contributed by atoms with E-state index in [-0.39, 0.29) is 0 Å². The lowest BCUT2D eigenvalue weighted by atomic mass is 10.1. The number of hydrogen-bond acceptors (Lipinski definition) is 2. The third-order valence-corrected chi connectivity index (χ3v) is 2.98. The number of amides is 2. The standard InChI is InChI=1S/C12H14F3N3O/c13-12(14,15)9-5-4-6-16-10(9)17-11(19)18-7-2-1-3-8-18/h4-6H,1-3,7-8H2,(H,16,17,19). The molecule has 1 fully saturated rings. The number of carbonyl (C=O) groups is 1. The van der Waals surface area contributed by atoms with E-state index in [0.717, 1.165) is 25.3 Å². The third-order valence-electron chi connectivity index (χ3n) is 2.98. The summed E-state index contributed by atoms with van der Waals surface area (Å²) in [6.07, 6.45) is -0.509. The predicted molar refractivity (Wildman–Crippen MR) is 63.7 cm³/mol. The molecule has 1 N–H and O–H groups in total. The molecule has 1 aliphatic rings. The third kappa shape index (κ3) is 3.36. The van der Waals surface area contributed by atoms with Gasteiger partial charge in [0.05, 0.1) is 5.56 Å². The first-order valence-electron chi connectivity index (χ1n) is 6.06. The number of hydrogen-bond donors (Lipinski definition) is 1. The van der Waals surface area contributed by atoms with Gasteiger partial charge < -0.3 is 4.90 Å². The second kappa shape index (κ2) is 5.46. The van der Waals surface area contributed by atoms with E-state index in [9.17, 15) is 18.0 Å². The van der Waals surface area contributed by atoms with Gasteiger partial charge in [-0.05, 0) is 31.4 Å². The maximum Gasteiger partial charge on any atom is 0.419 e. The number of urea groups is 1. The Morgan fingerprint density at radius 2 is 1.95 bits per heavy atom. The van der Waals surface area contributed by atoms with Crippen molar-refractivity contribution in [1.82, 2.24) is 9.88 Å². The fourth-order valence-electron chi connectivity index (χ4n) is 2.01. The summed E-state index contributed by atoms with van der Waals surface area (Å²) in [5.74, 6) is -0.439. The van der Waals surface area contributed by atoms with Gasteiger partial charge in [0.15, 0.2) is 0 Å². The SMILES string of the molecule is O=C(Nc1ncccc1C(F)(F)F)N1CCCCC1. The van der Waals surface area contributed by atoms with Crippen LogP contribution in [0.25, 0.3) is 0 Å². The minimum absolute atomic E-state index is 0.439. The highest BCUT2D eigenvalue weighted by atomic mass is 19.4. The predicted octanol–water partition coefficient (Wildman–Crippen LogP) is 3.12. The van der Waals surface area contributed by atoms with Crippen molar-refractivity contribution >= 4 is 11.8 Å². The summed E-state index contributed by atoms with van der Waals surface area (Å²) in [4.78, 5) is 17.0. The average molecular weight is 273 g/mol. The largest absolute Gasteiger partial charge is 0.419 e. The Hall–Kier alpha value is -1.79. The van der Waals surface area contributed by atoms with E-state index in [2.05, 4.69) is 10.3 Å². The van der Waals surface area contributed by atoms with Crippen molar-refractivity contribution in [1.29, 1.82) is 0 Å². The molecule has 0 atom stereocenters. The number of nitrogens with one attached hydrogen (secondary N) is 1. The van der Waals surface area contributed by atoms with Gasteiger partial charge in [-0.1, -0.05) is 0 Å². The van der Waals surface area contributed by atoms with Crippen molar-refractivity contribution in [3.05, 3.63) is 23.9 Å². The first-order chi connectivity index (χ1) is 8.98. The second-order valence-corrected chi connectivity index (χ2v) is 4.38. The van der Waals surface area contributed by atoms with Gasteiger partial charge in [0.1, 0.15) is 5.82 Å². The highest BCUT2D eigenvalue weighted by Crippen LogP contribution is 2.33. The Balaban J connectivity index is 2.12. The highest BCUT2D eigenvalue weighted by Gasteiger charge is 2.34. The summed E-state index contributed by atoms with van der Waals surface area (Å²) < 4.78 is 38.2. The molecule has 4 nitrogen and oxygen atoms in total. The zero-order valence-electron chi connectivity index (χ0n) is 10.2. The lowest BCUT2D eigenvalue weighted by molar-refractivity contribution is -0.137. The second-order valence-electron chi connectivity index (χ2n) is 4.38. The topological polar surface area (TPSA) is 45.2 Å². The molecule has 19 heavy (non-hydrogen) atoms. The Bertz CT molecular complexity index is 456. The van der Waals surface area contributed by atoms with Gasteiger partial charge in [-0.25, -0.2) is 9.78 Å². The van der Waals surface area contributed by atoms with Crippen LogP contribution in [0.5, 0.6) is 0 Å². The van der Waals surface area contributed by atoms with E-state index < -0.39 is 23.6 Å². The summed E-state index contributed by atoms with van der Waals surface area (Å²) in [5, 5.41) is 2.24. The molecule has 2 amide bonds. The smallest absolute Gasteiger partial charge is 0.325 e. The van der Waals surface area contributed by atoms with Crippen LogP contribution >= 0.6 is 0 Å². The maximum absolute atomic E-state index is 12.7. The van der Waals surface area contributed by atoms with Gasteiger partial charge in [0.25, 0.3) is 0 Å². The molecular formula is C12H14F3N3O. The van der Waals surface area contributed by atoms with Crippen molar-refractivity contribution in [2.45, 2.75) is 25.4 Å². The molecule has 0 aromatic carbocycles. The van der Waals surface area contributed by atoms with E-state index in [1.165, 1.54) is 17.2 Å². The van der Waals surface area contributed by atoms with Crippen molar-refractivity contribution in [2.24, 2.45) is 0 Å². The molecule has 1 aromatic rings. The highest BCUT2D eigenvalue weighted by molar-refractivity contribution is 5.89. The van der Waals surface area contributed by atoms with E-state index >= 15 is 0 Å². The van der Waals surface area contributed by atoms with Crippen LogP contribution in [0.3, 0.4) is 0 Å². The molecule has 1 aliphatic heterocycles. The Labute approximate surface area is 108 Å². The van der Waals surface area contributed by atoms with E-state index in [1.807, 2.05) is 0 Å². The summed E-state index contributed by atoms with van der Waals surface area (Å²) in [5.41, 5.74) is -0.930.